The molecule has 0 amide bonds. The van der Waals surface area contributed by atoms with Crippen molar-refractivity contribution in [1.82, 2.24) is 5.32 Å². The van der Waals surface area contributed by atoms with Crippen LogP contribution in [0, 0.1) is 5.41 Å². The molecule has 0 aromatic rings. The first-order valence-corrected chi connectivity index (χ1v) is 5.73. The molecule has 1 nitrogen and oxygen atoms in total. The van der Waals surface area contributed by atoms with Crippen LogP contribution in [-0.2, 0) is 0 Å². The van der Waals surface area contributed by atoms with E-state index >= 15 is 0 Å². The number of rotatable bonds is 6. The van der Waals surface area contributed by atoms with Crippen LogP contribution < -0.4 is 5.32 Å². The monoisotopic (exact) mass is 185 g/mol. The highest BCUT2D eigenvalue weighted by Crippen LogP contribution is 2.13. The second-order valence-corrected chi connectivity index (χ2v) is 5.22. The first-order chi connectivity index (χ1) is 5.99. The van der Waals surface area contributed by atoms with Gasteiger partial charge in [0.1, 0.15) is 0 Å². The van der Waals surface area contributed by atoms with Crippen molar-refractivity contribution in [3.63, 3.8) is 0 Å². The topological polar surface area (TPSA) is 12.0 Å². The van der Waals surface area contributed by atoms with Crippen molar-refractivity contribution in [2.45, 2.75) is 66.3 Å². The normalized spacial score (nSPS) is 12.5. The minimum absolute atomic E-state index is 0.416. The number of hydrogen-bond donors (Lipinski definition) is 1. The molecule has 0 atom stereocenters. The third-order valence-corrected chi connectivity index (χ3v) is 2.20. The lowest BCUT2D eigenvalue weighted by molar-refractivity contribution is 0.332. The summed E-state index contributed by atoms with van der Waals surface area (Å²) in [4.78, 5) is 0. The molecule has 0 saturated heterocycles. The van der Waals surface area contributed by atoms with E-state index in [0.717, 1.165) is 12.6 Å². The average molecular weight is 185 g/mol. The summed E-state index contributed by atoms with van der Waals surface area (Å²) in [5.74, 6) is 0. The highest BCUT2D eigenvalue weighted by molar-refractivity contribution is 4.71. The summed E-state index contributed by atoms with van der Waals surface area (Å²) >= 11 is 0. The van der Waals surface area contributed by atoms with Crippen LogP contribution in [0.25, 0.3) is 0 Å². The second-order valence-electron chi connectivity index (χ2n) is 5.22. The van der Waals surface area contributed by atoms with Crippen molar-refractivity contribution < 1.29 is 0 Å². The fraction of sp³-hybridized carbons (Fsp3) is 1.00. The Labute approximate surface area is 84.3 Å². The predicted molar refractivity (Wildman–Crippen MR) is 61.1 cm³/mol. The van der Waals surface area contributed by atoms with Crippen molar-refractivity contribution in [1.29, 1.82) is 0 Å². The minimum Gasteiger partial charge on any atom is -0.313 e. The summed E-state index contributed by atoms with van der Waals surface area (Å²) in [6, 6.07) is 0.745. The molecule has 0 spiro atoms. The number of hydrogen-bond acceptors (Lipinski definition) is 1. The minimum atomic E-state index is 0.416. The lowest BCUT2D eigenvalue weighted by Crippen LogP contribution is -2.35. The van der Waals surface area contributed by atoms with Gasteiger partial charge in [-0.3, -0.25) is 0 Å². The van der Waals surface area contributed by atoms with Crippen LogP contribution >= 0.6 is 0 Å². The lowest BCUT2D eigenvalue weighted by atomic mass is 9.95. The van der Waals surface area contributed by atoms with Gasteiger partial charge in [-0.1, -0.05) is 47.5 Å². The fourth-order valence-corrected chi connectivity index (χ4v) is 1.50. The van der Waals surface area contributed by atoms with E-state index in [2.05, 4.69) is 39.9 Å². The summed E-state index contributed by atoms with van der Waals surface area (Å²) in [5, 5.41) is 3.66. The first kappa shape index (κ1) is 13.0. The third-order valence-electron chi connectivity index (χ3n) is 2.20. The Morgan fingerprint density at radius 1 is 1.00 bits per heavy atom. The molecular weight excluding hydrogens is 158 g/mol. The zero-order chi connectivity index (χ0) is 10.3. The maximum absolute atomic E-state index is 3.66. The third kappa shape index (κ3) is 8.29. The summed E-state index contributed by atoms with van der Waals surface area (Å²) < 4.78 is 0. The molecule has 13 heavy (non-hydrogen) atoms. The van der Waals surface area contributed by atoms with Crippen molar-refractivity contribution in [2.75, 3.05) is 6.54 Å². The molecule has 80 valence electrons. The van der Waals surface area contributed by atoms with Gasteiger partial charge < -0.3 is 5.32 Å². The molecule has 0 rings (SSSR count). The van der Waals surface area contributed by atoms with E-state index in [1.165, 1.54) is 25.7 Å². The van der Waals surface area contributed by atoms with Gasteiger partial charge in [-0.15, -0.1) is 0 Å². The van der Waals surface area contributed by atoms with Gasteiger partial charge in [0.15, 0.2) is 0 Å². The average Bonchev–Trinajstić information content (AvgIpc) is 2.00. The molecule has 1 N–H and O–H groups in total. The van der Waals surface area contributed by atoms with E-state index in [0.29, 0.717) is 5.41 Å². The molecule has 0 unspecified atom stereocenters. The molecule has 1 heteroatoms. The molecular formula is C12H27N. The number of nitrogens with one attached hydrogen (secondary N) is 1. The molecule has 0 aromatic heterocycles. The Kier molecular flexibility index (Phi) is 6.40. The van der Waals surface area contributed by atoms with Crippen molar-refractivity contribution >= 4 is 0 Å². The summed E-state index contributed by atoms with van der Waals surface area (Å²) in [5.41, 5.74) is 0.416. The summed E-state index contributed by atoms with van der Waals surface area (Å²) in [7, 11) is 0. The van der Waals surface area contributed by atoms with E-state index in [1.807, 2.05) is 0 Å². The molecule has 0 aromatic carbocycles. The van der Waals surface area contributed by atoms with Crippen LogP contribution in [0.2, 0.25) is 0 Å². The van der Waals surface area contributed by atoms with E-state index < -0.39 is 0 Å². The molecule has 0 heterocycles. The SMILES string of the molecule is CCCC(CCC)NCC(C)(C)C. The molecule has 0 aliphatic carbocycles. The van der Waals surface area contributed by atoms with Crippen molar-refractivity contribution in [2.24, 2.45) is 5.41 Å². The highest BCUT2D eigenvalue weighted by atomic mass is 14.9. The van der Waals surface area contributed by atoms with E-state index in [4.69, 9.17) is 0 Å². The molecule has 0 saturated carbocycles. The highest BCUT2D eigenvalue weighted by Gasteiger charge is 2.12. The maximum Gasteiger partial charge on any atom is 0.00670 e. The van der Waals surface area contributed by atoms with Crippen molar-refractivity contribution in [3.05, 3.63) is 0 Å². The first-order valence-electron chi connectivity index (χ1n) is 5.73. The van der Waals surface area contributed by atoms with Gasteiger partial charge in [0.2, 0.25) is 0 Å². The summed E-state index contributed by atoms with van der Waals surface area (Å²) in [6.07, 6.45) is 5.23. The van der Waals surface area contributed by atoms with Gasteiger partial charge >= 0.3 is 0 Å². The van der Waals surface area contributed by atoms with Gasteiger partial charge in [0.05, 0.1) is 0 Å². The van der Waals surface area contributed by atoms with Crippen LogP contribution in [0.4, 0.5) is 0 Å². The summed E-state index contributed by atoms with van der Waals surface area (Å²) in [6.45, 7) is 12.5. The molecule has 0 radical (unpaired) electrons. The Hall–Kier alpha value is -0.0400. The Balaban J connectivity index is 3.68. The van der Waals surface area contributed by atoms with Crippen LogP contribution in [-0.4, -0.2) is 12.6 Å². The molecule has 0 fully saturated rings. The van der Waals surface area contributed by atoms with E-state index in [-0.39, 0.29) is 0 Å². The standard InChI is InChI=1S/C12H27N/c1-6-8-11(9-7-2)13-10-12(3,4)5/h11,13H,6-10H2,1-5H3. The van der Waals surface area contributed by atoms with Crippen LogP contribution in [0.3, 0.4) is 0 Å². The van der Waals surface area contributed by atoms with Crippen LogP contribution in [0.15, 0.2) is 0 Å². The van der Waals surface area contributed by atoms with Crippen LogP contribution in [0.1, 0.15) is 60.3 Å². The fourth-order valence-electron chi connectivity index (χ4n) is 1.50. The van der Waals surface area contributed by atoms with Gasteiger partial charge in [0.25, 0.3) is 0 Å². The Bertz CT molecular complexity index is 107. The smallest absolute Gasteiger partial charge is 0.00670 e. The van der Waals surface area contributed by atoms with E-state index in [1.54, 1.807) is 0 Å². The Morgan fingerprint density at radius 2 is 1.46 bits per heavy atom. The van der Waals surface area contributed by atoms with E-state index in [9.17, 15) is 0 Å². The van der Waals surface area contributed by atoms with Gasteiger partial charge in [-0.2, -0.15) is 0 Å². The quantitative estimate of drug-likeness (QED) is 0.667. The lowest BCUT2D eigenvalue weighted by Gasteiger charge is -2.24. The van der Waals surface area contributed by atoms with Gasteiger partial charge in [-0.25, -0.2) is 0 Å². The maximum atomic E-state index is 3.66. The molecule has 0 aliphatic rings. The Morgan fingerprint density at radius 3 is 1.77 bits per heavy atom. The molecule has 0 aliphatic heterocycles. The molecule has 0 bridgehead atoms. The van der Waals surface area contributed by atoms with Gasteiger partial charge in [0, 0.05) is 12.6 Å². The van der Waals surface area contributed by atoms with Crippen LogP contribution in [0.5, 0.6) is 0 Å². The predicted octanol–water partition coefficient (Wildman–Crippen LogP) is 3.59. The zero-order valence-corrected chi connectivity index (χ0v) is 10.1. The second kappa shape index (κ2) is 6.42. The van der Waals surface area contributed by atoms with Gasteiger partial charge in [-0.05, 0) is 18.3 Å². The zero-order valence-electron chi connectivity index (χ0n) is 10.1. The van der Waals surface area contributed by atoms with Crippen molar-refractivity contribution in [3.8, 4) is 0 Å². The largest absolute Gasteiger partial charge is 0.313 e.